The highest BCUT2D eigenvalue weighted by Crippen LogP contribution is 2.28. The summed E-state index contributed by atoms with van der Waals surface area (Å²) in [6.07, 6.45) is 7.54. The fourth-order valence-corrected chi connectivity index (χ4v) is 4.50. The Kier molecular flexibility index (Phi) is 3.91. The lowest BCUT2D eigenvalue weighted by atomic mass is 9.94. The molecule has 3 aromatic rings. The Morgan fingerprint density at radius 2 is 2.12 bits per heavy atom. The van der Waals surface area contributed by atoms with Crippen LogP contribution in [0.5, 0.6) is 0 Å². The van der Waals surface area contributed by atoms with Crippen LogP contribution < -0.4 is 0 Å². The Bertz CT molecular complexity index is 971. The van der Waals surface area contributed by atoms with E-state index >= 15 is 0 Å². The molecule has 0 saturated heterocycles. The van der Waals surface area contributed by atoms with Crippen LogP contribution in [0.4, 0.5) is 5.69 Å². The Hall–Kier alpha value is -2.48. The molecule has 1 fully saturated rings. The van der Waals surface area contributed by atoms with Crippen LogP contribution in [0.2, 0.25) is 0 Å². The molecule has 25 heavy (non-hydrogen) atoms. The van der Waals surface area contributed by atoms with Gasteiger partial charge >= 0.3 is 0 Å². The maximum atomic E-state index is 12.8. The van der Waals surface area contributed by atoms with Gasteiger partial charge in [0.25, 0.3) is 11.6 Å². The van der Waals surface area contributed by atoms with Crippen LogP contribution in [-0.4, -0.2) is 38.2 Å². The SMILES string of the molecule is CN(C(=O)c1cn2c(nc3cc([N+](=O)[O-])ccc32)s1)C1CCCCC1. The maximum Gasteiger partial charge on any atom is 0.271 e. The lowest BCUT2D eigenvalue weighted by molar-refractivity contribution is -0.384. The summed E-state index contributed by atoms with van der Waals surface area (Å²) in [5, 5.41) is 10.9. The molecule has 0 aliphatic heterocycles. The number of fused-ring (bicyclic) bond motifs is 3. The van der Waals surface area contributed by atoms with Gasteiger partial charge in [0, 0.05) is 31.4 Å². The van der Waals surface area contributed by atoms with E-state index in [0.29, 0.717) is 21.4 Å². The normalized spacial score (nSPS) is 15.7. The highest BCUT2D eigenvalue weighted by Gasteiger charge is 2.25. The molecule has 1 saturated carbocycles. The second kappa shape index (κ2) is 6.11. The van der Waals surface area contributed by atoms with Gasteiger partial charge in [-0.1, -0.05) is 30.6 Å². The molecular weight excluding hydrogens is 340 g/mol. The molecule has 1 amide bonds. The van der Waals surface area contributed by atoms with Gasteiger partial charge in [0.15, 0.2) is 4.96 Å². The molecule has 1 aromatic carbocycles. The number of aromatic nitrogens is 2. The zero-order valence-electron chi connectivity index (χ0n) is 13.8. The number of hydrogen-bond acceptors (Lipinski definition) is 5. The average Bonchev–Trinajstić information content (AvgIpc) is 3.18. The van der Waals surface area contributed by atoms with Crippen molar-refractivity contribution in [3.63, 3.8) is 0 Å². The van der Waals surface area contributed by atoms with Crippen molar-refractivity contribution in [3.8, 4) is 0 Å². The third-order valence-corrected chi connectivity index (χ3v) is 5.92. The van der Waals surface area contributed by atoms with E-state index in [1.54, 1.807) is 12.3 Å². The summed E-state index contributed by atoms with van der Waals surface area (Å²) >= 11 is 1.33. The van der Waals surface area contributed by atoms with E-state index in [1.165, 1.54) is 42.7 Å². The predicted octanol–water partition coefficient (Wildman–Crippen LogP) is 3.86. The van der Waals surface area contributed by atoms with Crippen LogP contribution in [-0.2, 0) is 0 Å². The quantitative estimate of drug-likeness (QED) is 0.526. The highest BCUT2D eigenvalue weighted by molar-refractivity contribution is 7.18. The number of hydrogen-bond donors (Lipinski definition) is 0. The largest absolute Gasteiger partial charge is 0.338 e. The van der Waals surface area contributed by atoms with Gasteiger partial charge in [0.1, 0.15) is 4.88 Å². The number of imidazole rings is 1. The minimum Gasteiger partial charge on any atom is -0.338 e. The molecule has 0 unspecified atom stereocenters. The average molecular weight is 358 g/mol. The lowest BCUT2D eigenvalue weighted by Gasteiger charge is -2.30. The molecule has 0 atom stereocenters. The smallest absolute Gasteiger partial charge is 0.271 e. The van der Waals surface area contributed by atoms with E-state index in [1.807, 2.05) is 16.3 Å². The van der Waals surface area contributed by atoms with Crippen molar-refractivity contribution in [1.82, 2.24) is 14.3 Å². The molecule has 1 aliphatic rings. The number of carbonyl (C=O) groups excluding carboxylic acids is 1. The zero-order chi connectivity index (χ0) is 17.6. The van der Waals surface area contributed by atoms with E-state index in [9.17, 15) is 14.9 Å². The first-order chi connectivity index (χ1) is 12.0. The van der Waals surface area contributed by atoms with Crippen molar-refractivity contribution in [3.05, 3.63) is 39.4 Å². The summed E-state index contributed by atoms with van der Waals surface area (Å²) in [6.45, 7) is 0. The van der Waals surface area contributed by atoms with E-state index in [2.05, 4.69) is 4.98 Å². The second-order valence-electron chi connectivity index (χ2n) is 6.50. The van der Waals surface area contributed by atoms with Crippen molar-refractivity contribution in [2.24, 2.45) is 0 Å². The van der Waals surface area contributed by atoms with Crippen LogP contribution >= 0.6 is 11.3 Å². The van der Waals surface area contributed by atoms with Crippen LogP contribution in [0.25, 0.3) is 16.0 Å². The molecule has 0 N–H and O–H groups in total. The summed E-state index contributed by atoms with van der Waals surface area (Å²) in [7, 11) is 1.88. The van der Waals surface area contributed by atoms with Crippen molar-refractivity contribution in [1.29, 1.82) is 0 Å². The number of nitro benzene ring substituents is 1. The van der Waals surface area contributed by atoms with E-state index < -0.39 is 4.92 Å². The van der Waals surface area contributed by atoms with Crippen molar-refractivity contribution < 1.29 is 9.72 Å². The molecule has 7 nitrogen and oxygen atoms in total. The second-order valence-corrected chi connectivity index (χ2v) is 7.51. The molecule has 8 heteroatoms. The fraction of sp³-hybridized carbons (Fsp3) is 0.412. The van der Waals surface area contributed by atoms with E-state index in [-0.39, 0.29) is 11.6 Å². The Morgan fingerprint density at radius 1 is 1.36 bits per heavy atom. The zero-order valence-corrected chi connectivity index (χ0v) is 14.7. The number of amides is 1. The van der Waals surface area contributed by atoms with Crippen LogP contribution in [0, 0.1) is 10.1 Å². The number of nitrogens with zero attached hydrogens (tertiary/aromatic N) is 4. The van der Waals surface area contributed by atoms with Crippen LogP contribution in [0.1, 0.15) is 41.8 Å². The first-order valence-corrected chi connectivity index (χ1v) is 9.19. The molecule has 0 bridgehead atoms. The molecule has 1 aliphatic carbocycles. The first-order valence-electron chi connectivity index (χ1n) is 8.38. The predicted molar refractivity (Wildman–Crippen MR) is 96.2 cm³/mol. The standard InChI is InChI=1S/C17H18N4O3S/c1-19(11-5-3-2-4-6-11)16(22)15-10-20-14-8-7-12(21(23)24)9-13(14)18-17(20)25-15/h7-11H,2-6H2,1H3. The Balaban J connectivity index is 1.66. The van der Waals surface area contributed by atoms with Crippen molar-refractivity contribution >= 4 is 38.9 Å². The van der Waals surface area contributed by atoms with Crippen LogP contribution in [0.3, 0.4) is 0 Å². The molecule has 4 rings (SSSR count). The monoisotopic (exact) mass is 358 g/mol. The summed E-state index contributed by atoms with van der Waals surface area (Å²) < 4.78 is 1.84. The number of non-ortho nitro benzene ring substituents is 1. The molecule has 2 aromatic heterocycles. The van der Waals surface area contributed by atoms with Gasteiger partial charge in [-0.3, -0.25) is 19.3 Å². The molecule has 0 spiro atoms. The number of thiazole rings is 1. The third-order valence-electron chi connectivity index (χ3n) is 4.95. The number of carbonyl (C=O) groups is 1. The molecule has 2 heterocycles. The van der Waals surface area contributed by atoms with Crippen LogP contribution in [0.15, 0.2) is 24.4 Å². The van der Waals surface area contributed by atoms with E-state index in [4.69, 9.17) is 0 Å². The molecule has 130 valence electrons. The highest BCUT2D eigenvalue weighted by atomic mass is 32.1. The number of benzene rings is 1. The van der Waals surface area contributed by atoms with Gasteiger partial charge < -0.3 is 4.90 Å². The topological polar surface area (TPSA) is 80.8 Å². The van der Waals surface area contributed by atoms with Gasteiger partial charge in [-0.05, 0) is 18.9 Å². The maximum absolute atomic E-state index is 12.8. The first kappa shape index (κ1) is 16.0. The Labute approximate surface area is 148 Å². The lowest BCUT2D eigenvalue weighted by Crippen LogP contribution is -2.37. The van der Waals surface area contributed by atoms with Crippen molar-refractivity contribution in [2.75, 3.05) is 7.05 Å². The van der Waals surface area contributed by atoms with Gasteiger partial charge in [-0.2, -0.15) is 0 Å². The van der Waals surface area contributed by atoms with Gasteiger partial charge in [-0.25, -0.2) is 4.98 Å². The number of rotatable bonds is 3. The number of nitro groups is 1. The summed E-state index contributed by atoms with van der Waals surface area (Å²) in [5.41, 5.74) is 1.36. The van der Waals surface area contributed by atoms with E-state index in [0.717, 1.165) is 18.4 Å². The van der Waals surface area contributed by atoms with Gasteiger partial charge in [-0.15, -0.1) is 0 Å². The van der Waals surface area contributed by atoms with Gasteiger partial charge in [0.2, 0.25) is 0 Å². The molecular formula is C17H18N4O3S. The summed E-state index contributed by atoms with van der Waals surface area (Å²) in [4.78, 5) is 30.9. The van der Waals surface area contributed by atoms with Gasteiger partial charge in [0.05, 0.1) is 16.0 Å². The minimum absolute atomic E-state index is 0.0200. The fourth-order valence-electron chi connectivity index (χ4n) is 3.52. The molecule has 0 radical (unpaired) electrons. The summed E-state index contributed by atoms with van der Waals surface area (Å²) in [6, 6.07) is 4.92. The third kappa shape index (κ3) is 2.76. The Morgan fingerprint density at radius 3 is 2.84 bits per heavy atom. The van der Waals surface area contributed by atoms with Crippen molar-refractivity contribution in [2.45, 2.75) is 38.1 Å². The summed E-state index contributed by atoms with van der Waals surface area (Å²) in [5.74, 6) is 0.0254. The minimum atomic E-state index is -0.430.